The lowest BCUT2D eigenvalue weighted by atomic mass is 10.3. The van der Waals surface area contributed by atoms with Crippen LogP contribution in [0.25, 0.3) is 0 Å². The summed E-state index contributed by atoms with van der Waals surface area (Å²) in [4.78, 5) is 22.7. The summed E-state index contributed by atoms with van der Waals surface area (Å²) >= 11 is 0. The summed E-state index contributed by atoms with van der Waals surface area (Å²) in [5.41, 5.74) is 0. The topological polar surface area (TPSA) is 64.6 Å². The number of carbonyl (C=O) groups is 2. The number of amides is 1. The lowest BCUT2D eigenvalue weighted by Crippen LogP contribution is -2.33. The van der Waals surface area contributed by atoms with E-state index < -0.39 is 30.4 Å². The standard InChI is InChI=1S/C14H14FNO4/c1-3-8-16-13(17)9-19-14(18)10(2)20-12-6-4-11(15)5-7-12/h1,4-7,10H,8-9H2,2H3,(H,16,17)/t10-/m0/s1. The van der Waals surface area contributed by atoms with Crippen LogP contribution in [0, 0.1) is 18.2 Å². The van der Waals surface area contributed by atoms with Crippen molar-refractivity contribution in [1.29, 1.82) is 0 Å². The number of hydrogen-bond donors (Lipinski definition) is 1. The molecule has 1 atom stereocenters. The maximum absolute atomic E-state index is 12.7. The number of benzene rings is 1. The first-order chi connectivity index (χ1) is 9.52. The van der Waals surface area contributed by atoms with Gasteiger partial charge in [-0.1, -0.05) is 5.92 Å². The Balaban J connectivity index is 2.37. The molecule has 0 radical (unpaired) electrons. The minimum absolute atomic E-state index is 0.0675. The van der Waals surface area contributed by atoms with Gasteiger partial charge in [0, 0.05) is 0 Å². The average Bonchev–Trinajstić information content (AvgIpc) is 2.44. The summed E-state index contributed by atoms with van der Waals surface area (Å²) in [6.07, 6.45) is 4.04. The van der Waals surface area contributed by atoms with Crippen molar-refractivity contribution in [3.05, 3.63) is 30.1 Å². The van der Waals surface area contributed by atoms with E-state index in [4.69, 9.17) is 15.9 Å². The fourth-order valence-electron chi connectivity index (χ4n) is 1.22. The van der Waals surface area contributed by atoms with Crippen LogP contribution < -0.4 is 10.1 Å². The molecule has 0 fully saturated rings. The number of ether oxygens (including phenoxy) is 2. The summed E-state index contributed by atoms with van der Waals surface area (Å²) < 4.78 is 22.7. The van der Waals surface area contributed by atoms with Crippen LogP contribution in [0.5, 0.6) is 5.75 Å². The Hall–Kier alpha value is -2.55. The first kappa shape index (κ1) is 15.5. The lowest BCUT2D eigenvalue weighted by Gasteiger charge is -2.13. The highest BCUT2D eigenvalue weighted by Gasteiger charge is 2.17. The second-order valence-electron chi connectivity index (χ2n) is 3.80. The predicted octanol–water partition coefficient (Wildman–Crippen LogP) is 0.886. The van der Waals surface area contributed by atoms with E-state index >= 15 is 0 Å². The van der Waals surface area contributed by atoms with Crippen LogP contribution >= 0.6 is 0 Å². The van der Waals surface area contributed by atoms with Gasteiger partial charge in [-0.3, -0.25) is 4.79 Å². The quantitative estimate of drug-likeness (QED) is 0.620. The number of hydrogen-bond acceptors (Lipinski definition) is 4. The molecule has 6 heteroatoms. The van der Waals surface area contributed by atoms with Gasteiger partial charge in [-0.2, -0.15) is 0 Å². The van der Waals surface area contributed by atoms with Crippen LogP contribution in [0.15, 0.2) is 24.3 Å². The molecule has 0 aliphatic heterocycles. The maximum Gasteiger partial charge on any atom is 0.347 e. The van der Waals surface area contributed by atoms with E-state index in [-0.39, 0.29) is 6.54 Å². The van der Waals surface area contributed by atoms with Gasteiger partial charge in [0.2, 0.25) is 0 Å². The van der Waals surface area contributed by atoms with Crippen molar-refractivity contribution in [3.63, 3.8) is 0 Å². The molecule has 0 spiro atoms. The highest BCUT2D eigenvalue weighted by Crippen LogP contribution is 2.13. The molecule has 1 N–H and O–H groups in total. The zero-order valence-electron chi connectivity index (χ0n) is 10.9. The van der Waals surface area contributed by atoms with Crippen molar-refractivity contribution in [2.45, 2.75) is 13.0 Å². The summed E-state index contributed by atoms with van der Waals surface area (Å²) in [6.45, 7) is 1.10. The smallest absolute Gasteiger partial charge is 0.347 e. The van der Waals surface area contributed by atoms with E-state index in [2.05, 4.69) is 11.2 Å². The second kappa shape index (κ2) is 7.79. The number of carbonyl (C=O) groups excluding carboxylic acids is 2. The third-order valence-electron chi connectivity index (χ3n) is 2.19. The van der Waals surface area contributed by atoms with Gasteiger partial charge >= 0.3 is 5.97 Å². The minimum Gasteiger partial charge on any atom is -0.479 e. The Morgan fingerprint density at radius 3 is 2.65 bits per heavy atom. The highest BCUT2D eigenvalue weighted by molar-refractivity contribution is 5.82. The molecule has 20 heavy (non-hydrogen) atoms. The van der Waals surface area contributed by atoms with Gasteiger partial charge in [-0.15, -0.1) is 6.42 Å². The van der Waals surface area contributed by atoms with Gasteiger partial charge in [-0.25, -0.2) is 9.18 Å². The molecule has 1 amide bonds. The van der Waals surface area contributed by atoms with E-state index in [0.29, 0.717) is 5.75 Å². The third kappa shape index (κ3) is 5.40. The molecule has 1 rings (SSSR count). The zero-order chi connectivity index (χ0) is 15.0. The van der Waals surface area contributed by atoms with Gasteiger partial charge < -0.3 is 14.8 Å². The molecular formula is C14H14FNO4. The molecule has 1 aromatic rings. The minimum atomic E-state index is -0.916. The molecule has 106 valence electrons. The van der Waals surface area contributed by atoms with Gasteiger partial charge in [-0.05, 0) is 31.2 Å². The van der Waals surface area contributed by atoms with Crippen LogP contribution in [0.4, 0.5) is 4.39 Å². The number of esters is 1. The van der Waals surface area contributed by atoms with Crippen LogP contribution in [0.2, 0.25) is 0 Å². The Bertz CT molecular complexity index is 507. The fraction of sp³-hybridized carbons (Fsp3) is 0.286. The van der Waals surface area contributed by atoms with Gasteiger partial charge in [0.15, 0.2) is 12.7 Å². The van der Waals surface area contributed by atoms with Crippen molar-refractivity contribution in [2.75, 3.05) is 13.2 Å². The van der Waals surface area contributed by atoms with Crippen molar-refractivity contribution in [3.8, 4) is 18.1 Å². The molecule has 0 aliphatic carbocycles. The summed E-state index contributed by atoms with van der Waals surface area (Å²) in [5.74, 6) is 0.941. The van der Waals surface area contributed by atoms with E-state index in [1.165, 1.54) is 31.2 Å². The molecule has 0 unspecified atom stereocenters. The van der Waals surface area contributed by atoms with Crippen LogP contribution in [0.1, 0.15) is 6.92 Å². The lowest BCUT2D eigenvalue weighted by molar-refractivity contribution is -0.154. The van der Waals surface area contributed by atoms with Gasteiger partial charge in [0.05, 0.1) is 6.54 Å². The largest absolute Gasteiger partial charge is 0.479 e. The van der Waals surface area contributed by atoms with Crippen LogP contribution in [-0.4, -0.2) is 31.1 Å². The summed E-state index contributed by atoms with van der Waals surface area (Å²) in [5, 5.41) is 2.35. The fourth-order valence-corrected chi connectivity index (χ4v) is 1.22. The summed E-state index contributed by atoms with van der Waals surface area (Å²) in [7, 11) is 0. The Morgan fingerprint density at radius 2 is 2.05 bits per heavy atom. The number of halogens is 1. The van der Waals surface area contributed by atoms with E-state index in [1.54, 1.807) is 0 Å². The zero-order valence-corrected chi connectivity index (χ0v) is 10.9. The predicted molar refractivity (Wildman–Crippen MR) is 69.3 cm³/mol. The van der Waals surface area contributed by atoms with Crippen LogP contribution in [-0.2, 0) is 14.3 Å². The molecule has 0 aliphatic rings. The Kier molecular flexibility index (Phi) is 6.04. The highest BCUT2D eigenvalue weighted by atomic mass is 19.1. The first-order valence-electron chi connectivity index (χ1n) is 5.82. The van der Waals surface area contributed by atoms with Crippen molar-refractivity contribution in [2.24, 2.45) is 0 Å². The molecule has 0 saturated carbocycles. The maximum atomic E-state index is 12.7. The van der Waals surface area contributed by atoms with Crippen molar-refractivity contribution in [1.82, 2.24) is 5.32 Å². The van der Waals surface area contributed by atoms with Crippen molar-refractivity contribution >= 4 is 11.9 Å². The average molecular weight is 279 g/mol. The number of rotatable bonds is 6. The molecule has 0 saturated heterocycles. The van der Waals surface area contributed by atoms with E-state index in [1.807, 2.05) is 0 Å². The molecule has 0 bridgehead atoms. The van der Waals surface area contributed by atoms with Gasteiger partial charge in [0.1, 0.15) is 11.6 Å². The number of terminal acetylenes is 1. The Morgan fingerprint density at radius 1 is 1.40 bits per heavy atom. The second-order valence-corrected chi connectivity index (χ2v) is 3.80. The molecule has 1 aromatic carbocycles. The van der Waals surface area contributed by atoms with Gasteiger partial charge in [0.25, 0.3) is 5.91 Å². The number of nitrogens with one attached hydrogen (secondary N) is 1. The summed E-state index contributed by atoms with van der Waals surface area (Å²) in [6, 6.07) is 5.19. The molecule has 0 heterocycles. The van der Waals surface area contributed by atoms with Crippen LogP contribution in [0.3, 0.4) is 0 Å². The monoisotopic (exact) mass is 279 g/mol. The van der Waals surface area contributed by atoms with E-state index in [0.717, 1.165) is 0 Å². The van der Waals surface area contributed by atoms with Crippen molar-refractivity contribution < 1.29 is 23.5 Å². The Labute approximate surface area is 116 Å². The third-order valence-corrected chi connectivity index (χ3v) is 2.19. The first-order valence-corrected chi connectivity index (χ1v) is 5.82. The normalized spacial score (nSPS) is 11.1. The molecule has 0 aromatic heterocycles. The van der Waals surface area contributed by atoms with E-state index in [9.17, 15) is 14.0 Å². The molecular weight excluding hydrogens is 265 g/mol. The molecule has 5 nitrogen and oxygen atoms in total. The SMILES string of the molecule is C#CCNC(=O)COC(=O)[C@H](C)Oc1ccc(F)cc1.